The molecule has 204 valence electrons. The van der Waals surface area contributed by atoms with Gasteiger partial charge in [0.2, 0.25) is 0 Å². The van der Waals surface area contributed by atoms with E-state index in [1.807, 2.05) is 35.2 Å². The van der Waals surface area contributed by atoms with Gasteiger partial charge in [-0.1, -0.05) is 41.9 Å². The molecule has 0 aromatic heterocycles. The Balaban J connectivity index is 0.00000400. The number of benzene rings is 3. The number of halogens is 2. The summed E-state index contributed by atoms with van der Waals surface area (Å²) in [4.78, 5) is 15.8. The molecule has 0 unspecified atom stereocenters. The van der Waals surface area contributed by atoms with E-state index in [2.05, 4.69) is 29.6 Å². The largest absolute Gasteiger partial charge is 0.493 e. The summed E-state index contributed by atoms with van der Waals surface area (Å²) in [5, 5.41) is 4.18. The molecule has 4 rings (SSSR count). The van der Waals surface area contributed by atoms with Crippen LogP contribution in [0.1, 0.15) is 22.3 Å². The zero-order valence-corrected chi connectivity index (χ0v) is 23.5. The zero-order valence-electron chi connectivity index (χ0n) is 21.9. The molecule has 1 saturated heterocycles. The maximum absolute atomic E-state index is 14.0. The normalized spacial score (nSPS) is 16.5. The molecule has 1 N–H and O–H groups in total. The van der Waals surface area contributed by atoms with Gasteiger partial charge in [-0.05, 0) is 79.4 Å². The third-order valence-electron chi connectivity index (χ3n) is 6.78. The Kier molecular flexibility index (Phi) is 11.7. The standard InChI is InChI=1S/C30H35ClN2O4.ClH/c1-35-15-6-16-37-29-18-23(9-14-28(29)36-2)30(34)33(27-12-10-26(31)11-13-27)21-25-20-32-19-24(25)17-22-7-4-3-5-8-22;/h3-5,7-14,18,24-25,32H,6,15-17,19-21H2,1-2H3;1H/t24-,25+;/m1./s1. The number of hydrogen-bond donors (Lipinski definition) is 1. The second-order valence-electron chi connectivity index (χ2n) is 9.32. The monoisotopic (exact) mass is 558 g/mol. The number of amides is 1. The van der Waals surface area contributed by atoms with Crippen LogP contribution in [-0.2, 0) is 11.2 Å². The maximum Gasteiger partial charge on any atom is 0.258 e. The van der Waals surface area contributed by atoms with Gasteiger partial charge in [0.25, 0.3) is 5.91 Å². The lowest BCUT2D eigenvalue weighted by Crippen LogP contribution is -2.38. The predicted molar refractivity (Wildman–Crippen MR) is 155 cm³/mol. The second-order valence-corrected chi connectivity index (χ2v) is 9.76. The van der Waals surface area contributed by atoms with Crippen molar-refractivity contribution in [1.29, 1.82) is 0 Å². The fourth-order valence-corrected chi connectivity index (χ4v) is 4.91. The van der Waals surface area contributed by atoms with Crippen LogP contribution in [0, 0.1) is 11.8 Å². The number of methoxy groups -OCH3 is 2. The van der Waals surface area contributed by atoms with E-state index in [1.165, 1.54) is 5.56 Å². The van der Waals surface area contributed by atoms with Crippen LogP contribution in [0.4, 0.5) is 5.69 Å². The zero-order chi connectivity index (χ0) is 26.0. The minimum Gasteiger partial charge on any atom is -0.493 e. The quantitative estimate of drug-likeness (QED) is 0.280. The number of carbonyl (C=O) groups is 1. The van der Waals surface area contributed by atoms with Crippen LogP contribution in [0.25, 0.3) is 0 Å². The molecule has 1 aliphatic heterocycles. The molecule has 0 aliphatic carbocycles. The molecule has 38 heavy (non-hydrogen) atoms. The first-order valence-corrected chi connectivity index (χ1v) is 13.1. The summed E-state index contributed by atoms with van der Waals surface area (Å²) < 4.78 is 16.5. The summed E-state index contributed by atoms with van der Waals surface area (Å²) in [6.45, 7) is 3.47. The highest BCUT2D eigenvalue weighted by molar-refractivity contribution is 6.30. The van der Waals surface area contributed by atoms with Gasteiger partial charge in [-0.25, -0.2) is 0 Å². The average molecular weight is 560 g/mol. The Bertz CT molecular complexity index is 1140. The summed E-state index contributed by atoms with van der Waals surface area (Å²) in [6.07, 6.45) is 1.72. The van der Waals surface area contributed by atoms with Crippen LogP contribution in [0.5, 0.6) is 11.5 Å². The lowest BCUT2D eigenvalue weighted by atomic mass is 9.89. The second kappa shape index (κ2) is 15.0. The molecule has 1 aliphatic rings. The van der Waals surface area contributed by atoms with Crippen LogP contribution >= 0.6 is 24.0 Å². The van der Waals surface area contributed by atoms with Gasteiger partial charge in [0.15, 0.2) is 11.5 Å². The van der Waals surface area contributed by atoms with Crippen molar-refractivity contribution in [2.24, 2.45) is 11.8 Å². The molecule has 0 bridgehead atoms. The van der Waals surface area contributed by atoms with Gasteiger partial charge in [0.1, 0.15) is 0 Å². The third kappa shape index (κ3) is 7.87. The minimum atomic E-state index is -0.0860. The van der Waals surface area contributed by atoms with E-state index in [1.54, 1.807) is 32.4 Å². The SMILES string of the molecule is COCCCOc1cc(C(=O)N(C[C@@H]2CNC[C@H]2Cc2ccccc2)c2ccc(Cl)cc2)ccc1OC.Cl. The van der Waals surface area contributed by atoms with Crippen molar-refractivity contribution < 1.29 is 19.0 Å². The highest BCUT2D eigenvalue weighted by Gasteiger charge is 2.31. The number of anilines is 1. The highest BCUT2D eigenvalue weighted by Crippen LogP contribution is 2.31. The molecule has 3 aromatic carbocycles. The Morgan fingerprint density at radius 2 is 1.68 bits per heavy atom. The first-order chi connectivity index (χ1) is 18.1. The van der Waals surface area contributed by atoms with Gasteiger partial charge in [-0.15, -0.1) is 12.4 Å². The number of nitrogens with one attached hydrogen (secondary N) is 1. The van der Waals surface area contributed by atoms with Crippen molar-refractivity contribution in [3.05, 3.63) is 88.9 Å². The molecule has 3 aromatic rings. The number of rotatable bonds is 12. The van der Waals surface area contributed by atoms with E-state index >= 15 is 0 Å². The molecule has 0 spiro atoms. The van der Waals surface area contributed by atoms with E-state index in [0.717, 1.165) is 31.6 Å². The molecular weight excluding hydrogens is 523 g/mol. The number of hydrogen-bond acceptors (Lipinski definition) is 5. The summed E-state index contributed by atoms with van der Waals surface area (Å²) in [5.41, 5.74) is 2.68. The first kappa shape index (κ1) is 29.8. The number of nitrogens with zero attached hydrogens (tertiary/aromatic N) is 1. The van der Waals surface area contributed by atoms with Gasteiger partial charge in [0.05, 0.1) is 13.7 Å². The third-order valence-corrected chi connectivity index (χ3v) is 7.03. The van der Waals surface area contributed by atoms with Crippen molar-refractivity contribution in [3.8, 4) is 11.5 Å². The fraction of sp³-hybridized carbons (Fsp3) is 0.367. The molecule has 1 amide bonds. The van der Waals surface area contributed by atoms with E-state index in [-0.39, 0.29) is 18.3 Å². The van der Waals surface area contributed by atoms with E-state index < -0.39 is 0 Å². The highest BCUT2D eigenvalue weighted by atomic mass is 35.5. The molecular formula is C30H36Cl2N2O4. The average Bonchev–Trinajstić information content (AvgIpc) is 3.36. The van der Waals surface area contributed by atoms with Gasteiger partial charge in [0, 0.05) is 43.0 Å². The number of ether oxygens (including phenoxy) is 3. The molecule has 2 atom stereocenters. The molecule has 0 saturated carbocycles. The Labute approximate surface area is 236 Å². The smallest absolute Gasteiger partial charge is 0.258 e. The van der Waals surface area contributed by atoms with Crippen molar-refractivity contribution in [1.82, 2.24) is 5.32 Å². The van der Waals surface area contributed by atoms with E-state index in [0.29, 0.717) is 53.7 Å². The van der Waals surface area contributed by atoms with Crippen molar-refractivity contribution in [2.75, 3.05) is 52.0 Å². The predicted octanol–water partition coefficient (Wildman–Crippen LogP) is 5.91. The maximum atomic E-state index is 14.0. The van der Waals surface area contributed by atoms with Crippen molar-refractivity contribution >= 4 is 35.6 Å². The summed E-state index contributed by atoms with van der Waals surface area (Å²) in [6, 6.07) is 23.3. The van der Waals surface area contributed by atoms with Crippen LogP contribution in [0.2, 0.25) is 5.02 Å². The van der Waals surface area contributed by atoms with Gasteiger partial charge < -0.3 is 24.4 Å². The van der Waals surface area contributed by atoms with Crippen molar-refractivity contribution in [2.45, 2.75) is 12.8 Å². The van der Waals surface area contributed by atoms with Crippen molar-refractivity contribution in [3.63, 3.8) is 0 Å². The number of carbonyl (C=O) groups excluding carboxylic acids is 1. The van der Waals surface area contributed by atoms with Gasteiger partial charge >= 0.3 is 0 Å². The van der Waals surface area contributed by atoms with E-state index in [9.17, 15) is 4.79 Å². The Morgan fingerprint density at radius 3 is 2.39 bits per heavy atom. The first-order valence-electron chi connectivity index (χ1n) is 12.7. The lowest BCUT2D eigenvalue weighted by Gasteiger charge is -2.29. The molecule has 8 heteroatoms. The van der Waals surface area contributed by atoms with Crippen LogP contribution in [0.3, 0.4) is 0 Å². The Morgan fingerprint density at radius 1 is 0.947 bits per heavy atom. The molecule has 6 nitrogen and oxygen atoms in total. The lowest BCUT2D eigenvalue weighted by molar-refractivity contribution is 0.0980. The summed E-state index contributed by atoms with van der Waals surface area (Å²) in [7, 11) is 3.26. The summed E-state index contributed by atoms with van der Waals surface area (Å²) >= 11 is 6.17. The van der Waals surface area contributed by atoms with E-state index in [4.69, 9.17) is 25.8 Å². The van der Waals surface area contributed by atoms with Crippen LogP contribution in [-0.4, -0.2) is 53.0 Å². The van der Waals surface area contributed by atoms with Gasteiger partial charge in [-0.2, -0.15) is 0 Å². The fourth-order valence-electron chi connectivity index (χ4n) is 4.78. The van der Waals surface area contributed by atoms with Crippen LogP contribution < -0.4 is 19.7 Å². The summed E-state index contributed by atoms with van der Waals surface area (Å²) in [5.74, 6) is 1.79. The molecule has 1 heterocycles. The molecule has 0 radical (unpaired) electrons. The minimum absolute atomic E-state index is 0. The van der Waals surface area contributed by atoms with Gasteiger partial charge in [-0.3, -0.25) is 4.79 Å². The Hall–Kier alpha value is -2.77. The van der Waals surface area contributed by atoms with Crippen LogP contribution in [0.15, 0.2) is 72.8 Å². The molecule has 1 fully saturated rings. The topological polar surface area (TPSA) is 60.0 Å².